The number of aromatic carboxylic acids is 1. The second kappa shape index (κ2) is 7.76. The molecular formula is C23H20N4O4S. The molecule has 0 radical (unpaired) electrons. The van der Waals surface area contributed by atoms with Crippen LogP contribution in [0.5, 0.6) is 5.75 Å². The van der Waals surface area contributed by atoms with Gasteiger partial charge in [0.15, 0.2) is 0 Å². The molecule has 4 aromatic rings. The van der Waals surface area contributed by atoms with Crippen molar-refractivity contribution >= 4 is 39.2 Å². The monoisotopic (exact) mass is 448 g/mol. The van der Waals surface area contributed by atoms with Gasteiger partial charge in [0.25, 0.3) is 0 Å². The fourth-order valence-corrected chi connectivity index (χ4v) is 5.02. The standard InChI is InChI=1S/C23H20N4O4S/c1-3-31-15-8-9-17-18(10-15)32-23(24-17)27-21-20(12(2)26-27)16(11-19(28)25-21)13-4-6-14(7-5-13)22(29)30/h4-10,16H,3,11H2,1-2H3,(H,25,28)(H,29,30). The van der Waals surface area contributed by atoms with Crippen molar-refractivity contribution in [1.82, 2.24) is 14.8 Å². The van der Waals surface area contributed by atoms with Gasteiger partial charge in [-0.2, -0.15) is 9.78 Å². The van der Waals surface area contributed by atoms with E-state index in [1.54, 1.807) is 28.9 Å². The molecule has 1 atom stereocenters. The molecule has 2 aromatic carbocycles. The Labute approximate surface area is 187 Å². The Bertz CT molecular complexity index is 1360. The summed E-state index contributed by atoms with van der Waals surface area (Å²) in [5, 5.41) is 17.5. The van der Waals surface area contributed by atoms with Gasteiger partial charge >= 0.3 is 5.97 Å². The molecule has 1 aliphatic rings. The summed E-state index contributed by atoms with van der Waals surface area (Å²) in [5.74, 6) is 0.0770. The molecule has 9 heteroatoms. The zero-order valence-electron chi connectivity index (χ0n) is 17.5. The molecule has 1 aliphatic heterocycles. The zero-order chi connectivity index (χ0) is 22.4. The van der Waals surface area contributed by atoms with Gasteiger partial charge in [-0.1, -0.05) is 23.5 Å². The Hall–Kier alpha value is -3.72. The van der Waals surface area contributed by atoms with Crippen LogP contribution in [0.4, 0.5) is 5.82 Å². The minimum absolute atomic E-state index is 0.120. The van der Waals surface area contributed by atoms with Gasteiger partial charge in [-0.15, -0.1) is 0 Å². The summed E-state index contributed by atoms with van der Waals surface area (Å²) in [6.45, 7) is 4.44. The summed E-state index contributed by atoms with van der Waals surface area (Å²) in [5.41, 5.74) is 3.63. The predicted molar refractivity (Wildman–Crippen MR) is 121 cm³/mol. The predicted octanol–water partition coefficient (Wildman–Crippen LogP) is 4.36. The number of hydrogen-bond donors (Lipinski definition) is 2. The molecule has 8 nitrogen and oxygen atoms in total. The van der Waals surface area contributed by atoms with Crippen LogP contribution in [0, 0.1) is 6.92 Å². The Morgan fingerprint density at radius 3 is 2.78 bits per heavy atom. The summed E-state index contributed by atoms with van der Waals surface area (Å²) < 4.78 is 8.24. The van der Waals surface area contributed by atoms with E-state index >= 15 is 0 Å². The third-order valence-corrected chi connectivity index (χ3v) is 6.50. The van der Waals surface area contributed by atoms with Crippen molar-refractivity contribution in [2.24, 2.45) is 0 Å². The van der Waals surface area contributed by atoms with E-state index in [0.29, 0.717) is 17.6 Å². The van der Waals surface area contributed by atoms with Crippen molar-refractivity contribution in [3.8, 4) is 10.9 Å². The molecule has 0 aliphatic carbocycles. The number of carboxylic acids is 1. The smallest absolute Gasteiger partial charge is 0.335 e. The third kappa shape index (κ3) is 3.40. The van der Waals surface area contributed by atoms with E-state index in [1.807, 2.05) is 32.0 Å². The number of thiazole rings is 1. The lowest BCUT2D eigenvalue weighted by Crippen LogP contribution is -2.25. The maximum absolute atomic E-state index is 12.6. The van der Waals surface area contributed by atoms with Gasteiger partial charge < -0.3 is 15.2 Å². The van der Waals surface area contributed by atoms with Crippen LogP contribution >= 0.6 is 11.3 Å². The highest BCUT2D eigenvalue weighted by Gasteiger charge is 2.33. The van der Waals surface area contributed by atoms with E-state index in [-0.39, 0.29) is 23.8 Å². The first-order valence-electron chi connectivity index (χ1n) is 10.2. The van der Waals surface area contributed by atoms with Crippen molar-refractivity contribution in [3.63, 3.8) is 0 Å². The fraction of sp³-hybridized carbons (Fsp3) is 0.217. The number of carbonyl (C=O) groups is 2. The second-order valence-electron chi connectivity index (χ2n) is 7.55. The number of carboxylic acid groups (broad SMARTS) is 1. The van der Waals surface area contributed by atoms with Crippen molar-refractivity contribution in [2.75, 3.05) is 11.9 Å². The lowest BCUT2D eigenvalue weighted by Gasteiger charge is -2.24. The van der Waals surface area contributed by atoms with E-state index in [1.165, 1.54) is 11.3 Å². The highest BCUT2D eigenvalue weighted by molar-refractivity contribution is 7.20. The van der Waals surface area contributed by atoms with E-state index in [9.17, 15) is 14.7 Å². The van der Waals surface area contributed by atoms with Crippen LogP contribution in [0.3, 0.4) is 0 Å². The van der Waals surface area contributed by atoms with Crippen LogP contribution < -0.4 is 10.1 Å². The van der Waals surface area contributed by atoms with Crippen molar-refractivity contribution in [1.29, 1.82) is 0 Å². The molecule has 1 unspecified atom stereocenters. The van der Waals surface area contributed by atoms with Gasteiger partial charge in [0.1, 0.15) is 11.6 Å². The first-order chi connectivity index (χ1) is 15.4. The van der Waals surface area contributed by atoms with E-state index in [2.05, 4.69) is 5.32 Å². The van der Waals surface area contributed by atoms with Crippen LogP contribution in [0.25, 0.3) is 15.3 Å². The lowest BCUT2D eigenvalue weighted by atomic mass is 9.85. The number of benzene rings is 2. The Morgan fingerprint density at radius 1 is 1.28 bits per heavy atom. The van der Waals surface area contributed by atoms with Crippen molar-refractivity contribution in [2.45, 2.75) is 26.2 Å². The van der Waals surface area contributed by atoms with Crippen LogP contribution in [0.2, 0.25) is 0 Å². The number of carbonyl (C=O) groups excluding carboxylic acids is 1. The summed E-state index contributed by atoms with van der Waals surface area (Å²) in [7, 11) is 0. The third-order valence-electron chi connectivity index (χ3n) is 5.50. The Kier molecular flexibility index (Phi) is 4.90. The number of aryl methyl sites for hydroxylation is 1. The molecule has 0 bridgehead atoms. The molecule has 5 rings (SSSR count). The number of amides is 1. The minimum atomic E-state index is -0.981. The number of rotatable bonds is 5. The SMILES string of the molecule is CCOc1ccc2nc(-n3nc(C)c4c3NC(=O)CC4c3ccc(C(=O)O)cc3)sc2c1. The number of fused-ring (bicyclic) bond motifs is 2. The summed E-state index contributed by atoms with van der Waals surface area (Å²) >= 11 is 1.47. The zero-order valence-corrected chi connectivity index (χ0v) is 18.3. The molecule has 2 N–H and O–H groups in total. The molecular weight excluding hydrogens is 428 g/mol. The Balaban J connectivity index is 1.59. The number of nitrogens with zero attached hydrogens (tertiary/aromatic N) is 3. The van der Waals surface area contributed by atoms with Crippen LogP contribution in [0.15, 0.2) is 42.5 Å². The van der Waals surface area contributed by atoms with Gasteiger partial charge in [-0.25, -0.2) is 9.78 Å². The van der Waals surface area contributed by atoms with E-state index in [4.69, 9.17) is 14.8 Å². The molecule has 0 spiro atoms. The highest BCUT2D eigenvalue weighted by atomic mass is 32.1. The van der Waals surface area contributed by atoms with Crippen molar-refractivity contribution in [3.05, 3.63) is 64.8 Å². The maximum atomic E-state index is 12.6. The second-order valence-corrected chi connectivity index (χ2v) is 8.56. The largest absolute Gasteiger partial charge is 0.494 e. The van der Waals surface area contributed by atoms with Gasteiger partial charge in [-0.3, -0.25) is 4.79 Å². The summed E-state index contributed by atoms with van der Waals surface area (Å²) in [6.07, 6.45) is 0.267. The summed E-state index contributed by atoms with van der Waals surface area (Å²) in [4.78, 5) is 28.5. The molecule has 0 fully saturated rings. The molecule has 162 valence electrons. The number of nitrogens with one attached hydrogen (secondary N) is 1. The number of aromatic nitrogens is 3. The van der Waals surface area contributed by atoms with Gasteiger partial charge in [-0.05, 0) is 49.7 Å². The first kappa shape index (κ1) is 20.2. The summed E-state index contributed by atoms with van der Waals surface area (Å²) in [6, 6.07) is 12.4. The maximum Gasteiger partial charge on any atom is 0.335 e. The molecule has 0 saturated heterocycles. The highest BCUT2D eigenvalue weighted by Crippen LogP contribution is 2.41. The van der Waals surface area contributed by atoms with Crippen LogP contribution in [-0.4, -0.2) is 38.4 Å². The average Bonchev–Trinajstić information content (AvgIpc) is 3.34. The number of anilines is 1. The molecule has 3 heterocycles. The molecule has 32 heavy (non-hydrogen) atoms. The lowest BCUT2D eigenvalue weighted by molar-refractivity contribution is -0.116. The first-order valence-corrected chi connectivity index (χ1v) is 11.0. The van der Waals surface area contributed by atoms with E-state index in [0.717, 1.165) is 32.8 Å². The van der Waals surface area contributed by atoms with Gasteiger partial charge in [0.2, 0.25) is 11.0 Å². The van der Waals surface area contributed by atoms with Gasteiger partial charge in [0.05, 0.1) is 28.1 Å². The molecule has 0 saturated carbocycles. The average molecular weight is 449 g/mol. The normalized spacial score (nSPS) is 15.4. The fourth-order valence-electron chi connectivity index (χ4n) is 4.07. The topological polar surface area (TPSA) is 106 Å². The number of hydrogen-bond acceptors (Lipinski definition) is 6. The quantitative estimate of drug-likeness (QED) is 0.470. The van der Waals surface area contributed by atoms with E-state index < -0.39 is 5.97 Å². The van der Waals surface area contributed by atoms with Gasteiger partial charge in [0, 0.05) is 17.9 Å². The van der Waals surface area contributed by atoms with Crippen LogP contribution in [-0.2, 0) is 4.79 Å². The van der Waals surface area contributed by atoms with Crippen LogP contribution in [0.1, 0.15) is 46.4 Å². The molecule has 2 aromatic heterocycles. The molecule has 1 amide bonds. The van der Waals surface area contributed by atoms with Crippen molar-refractivity contribution < 1.29 is 19.4 Å². The Morgan fingerprint density at radius 2 is 2.06 bits per heavy atom. The number of ether oxygens (including phenoxy) is 1. The minimum Gasteiger partial charge on any atom is -0.494 e.